The highest BCUT2D eigenvalue weighted by molar-refractivity contribution is 6.33. The van der Waals surface area contributed by atoms with E-state index in [2.05, 4.69) is 15.8 Å². The zero-order valence-electron chi connectivity index (χ0n) is 21.7. The van der Waals surface area contributed by atoms with Crippen LogP contribution in [-0.4, -0.2) is 39.2 Å². The van der Waals surface area contributed by atoms with Crippen molar-refractivity contribution in [1.82, 2.24) is 10.7 Å². The van der Waals surface area contributed by atoms with Gasteiger partial charge in [-0.15, -0.1) is 5.10 Å². The Balaban J connectivity index is 1.62. The number of para-hydroxylation sites is 1. The third-order valence-corrected chi connectivity index (χ3v) is 6.14. The van der Waals surface area contributed by atoms with E-state index < -0.39 is 11.8 Å². The number of hydrogen-bond donors (Lipinski definition) is 2. The van der Waals surface area contributed by atoms with Crippen molar-refractivity contribution in [2.24, 2.45) is 5.10 Å². The van der Waals surface area contributed by atoms with Crippen molar-refractivity contribution in [2.45, 2.75) is 13.3 Å². The number of benzene rings is 3. The number of methoxy groups -OCH3 is 2. The lowest BCUT2D eigenvalue weighted by molar-refractivity contribution is 0.0934. The quantitative estimate of drug-likeness (QED) is 0.277. The van der Waals surface area contributed by atoms with E-state index in [9.17, 15) is 9.59 Å². The lowest BCUT2D eigenvalue weighted by Gasteiger charge is -2.11. The molecule has 0 bridgehead atoms. The van der Waals surface area contributed by atoms with Crippen LogP contribution in [0, 0.1) is 0 Å². The van der Waals surface area contributed by atoms with E-state index in [1.807, 2.05) is 25.1 Å². The van der Waals surface area contributed by atoms with Gasteiger partial charge in [0.1, 0.15) is 5.56 Å². The number of fused-ring (bicyclic) bond motifs is 1. The zero-order valence-corrected chi connectivity index (χ0v) is 22.5. The first-order valence-corrected chi connectivity index (χ1v) is 12.6. The molecule has 4 aromatic rings. The standard InChI is InChI=1S/C29H28ClN3O6/c1-4-38-24-11-7-8-19-17-21(27(34)31-15-14-18-12-13-23(36-2)25(16-18)37-3)29(39-26(19)24)33-32-28(35)20-9-5-6-10-22(20)30/h5-13,16-17H,4,14-15H2,1-3H3,(H,31,34)(H,32,35)/b33-29-. The van der Waals surface area contributed by atoms with Gasteiger partial charge in [-0.3, -0.25) is 9.59 Å². The second-order valence-electron chi connectivity index (χ2n) is 8.30. The number of ether oxygens (including phenoxy) is 3. The molecule has 0 radical (unpaired) electrons. The van der Waals surface area contributed by atoms with Crippen molar-refractivity contribution < 1.29 is 28.2 Å². The smallest absolute Gasteiger partial charge is 0.272 e. The number of nitrogens with one attached hydrogen (secondary N) is 2. The van der Waals surface area contributed by atoms with Gasteiger partial charge in [-0.25, -0.2) is 5.43 Å². The van der Waals surface area contributed by atoms with Gasteiger partial charge in [-0.1, -0.05) is 41.9 Å². The summed E-state index contributed by atoms with van der Waals surface area (Å²) in [6, 6.07) is 19.1. The van der Waals surface area contributed by atoms with E-state index in [0.29, 0.717) is 47.8 Å². The van der Waals surface area contributed by atoms with Crippen molar-refractivity contribution in [3.05, 3.63) is 94.0 Å². The Hall–Kier alpha value is -4.50. The van der Waals surface area contributed by atoms with Gasteiger partial charge in [0.15, 0.2) is 22.8 Å². The van der Waals surface area contributed by atoms with E-state index in [1.165, 1.54) is 0 Å². The third kappa shape index (κ3) is 6.50. The van der Waals surface area contributed by atoms with Gasteiger partial charge in [0, 0.05) is 11.9 Å². The van der Waals surface area contributed by atoms with Gasteiger partial charge in [0.2, 0.25) is 5.55 Å². The topological polar surface area (TPSA) is 111 Å². The van der Waals surface area contributed by atoms with Gasteiger partial charge in [0.05, 0.1) is 31.4 Å². The van der Waals surface area contributed by atoms with E-state index >= 15 is 0 Å². The molecular formula is C29H28ClN3O6. The second kappa shape index (κ2) is 12.8. The van der Waals surface area contributed by atoms with Crippen molar-refractivity contribution in [1.29, 1.82) is 0 Å². The van der Waals surface area contributed by atoms with Crippen LogP contribution in [0.5, 0.6) is 17.2 Å². The number of hydrogen-bond acceptors (Lipinski definition) is 7. The molecule has 0 aliphatic heterocycles. The highest BCUT2D eigenvalue weighted by Crippen LogP contribution is 2.28. The molecule has 1 aromatic heterocycles. The maximum absolute atomic E-state index is 13.3. The monoisotopic (exact) mass is 549 g/mol. The summed E-state index contributed by atoms with van der Waals surface area (Å²) in [5.74, 6) is 0.751. The molecule has 0 atom stereocenters. The van der Waals surface area contributed by atoms with Crippen LogP contribution < -0.4 is 30.5 Å². The van der Waals surface area contributed by atoms with Crippen molar-refractivity contribution in [3.8, 4) is 17.2 Å². The Bertz CT molecular complexity index is 1570. The fraction of sp³-hybridized carbons (Fsp3) is 0.207. The molecule has 0 aliphatic rings. The van der Waals surface area contributed by atoms with Crippen LogP contribution in [0.25, 0.3) is 11.0 Å². The first-order valence-electron chi connectivity index (χ1n) is 12.2. The highest BCUT2D eigenvalue weighted by atomic mass is 35.5. The SMILES string of the molecule is CCOc1cccc2cc(C(=O)NCCc3ccc(OC)c(OC)c3)/c(=N/NC(=O)c3ccccc3Cl)oc12. The summed E-state index contributed by atoms with van der Waals surface area (Å²) < 4.78 is 22.3. The number of amides is 2. The summed E-state index contributed by atoms with van der Waals surface area (Å²) in [6.07, 6.45) is 0.543. The minimum atomic E-state index is -0.547. The van der Waals surface area contributed by atoms with Gasteiger partial charge in [-0.05, 0) is 55.3 Å². The molecule has 0 spiro atoms. The second-order valence-corrected chi connectivity index (χ2v) is 8.71. The number of nitrogens with zero attached hydrogens (tertiary/aromatic N) is 1. The van der Waals surface area contributed by atoms with Crippen LogP contribution in [0.4, 0.5) is 0 Å². The molecule has 0 saturated carbocycles. The highest BCUT2D eigenvalue weighted by Gasteiger charge is 2.16. The molecule has 0 aliphatic carbocycles. The lowest BCUT2D eigenvalue weighted by atomic mass is 10.1. The summed E-state index contributed by atoms with van der Waals surface area (Å²) in [6.45, 7) is 2.60. The van der Waals surface area contributed by atoms with E-state index in [-0.39, 0.29) is 21.7 Å². The zero-order chi connectivity index (χ0) is 27.8. The molecule has 4 rings (SSSR count). The van der Waals surface area contributed by atoms with Crippen molar-refractivity contribution in [2.75, 3.05) is 27.4 Å². The fourth-order valence-corrected chi connectivity index (χ4v) is 4.12. The Labute approximate surface area is 230 Å². The normalized spacial score (nSPS) is 11.2. The predicted octanol–water partition coefficient (Wildman–Crippen LogP) is 4.72. The van der Waals surface area contributed by atoms with Crippen LogP contribution in [-0.2, 0) is 6.42 Å². The summed E-state index contributed by atoms with van der Waals surface area (Å²) in [7, 11) is 3.14. The van der Waals surface area contributed by atoms with Gasteiger partial charge >= 0.3 is 0 Å². The average Bonchev–Trinajstić information content (AvgIpc) is 2.95. The van der Waals surface area contributed by atoms with Crippen LogP contribution >= 0.6 is 11.6 Å². The molecule has 10 heteroatoms. The number of halogens is 1. The summed E-state index contributed by atoms with van der Waals surface area (Å²) in [5.41, 5.74) is 4.08. The van der Waals surface area contributed by atoms with Gasteiger partial charge in [0.25, 0.3) is 11.8 Å². The Morgan fingerprint density at radius 3 is 2.44 bits per heavy atom. The van der Waals surface area contributed by atoms with Crippen LogP contribution in [0.3, 0.4) is 0 Å². The first kappa shape index (κ1) is 27.5. The minimum Gasteiger partial charge on any atom is -0.493 e. The maximum atomic E-state index is 13.3. The molecule has 1 heterocycles. The third-order valence-electron chi connectivity index (χ3n) is 5.81. The summed E-state index contributed by atoms with van der Waals surface area (Å²) in [5, 5.41) is 7.93. The van der Waals surface area contributed by atoms with E-state index in [1.54, 1.807) is 62.8 Å². The molecule has 9 nitrogen and oxygen atoms in total. The van der Waals surface area contributed by atoms with Crippen molar-refractivity contribution >= 4 is 34.4 Å². The summed E-state index contributed by atoms with van der Waals surface area (Å²) in [4.78, 5) is 26.0. The predicted molar refractivity (Wildman–Crippen MR) is 147 cm³/mol. The Morgan fingerprint density at radius 1 is 0.897 bits per heavy atom. The molecule has 0 saturated heterocycles. The van der Waals surface area contributed by atoms with Gasteiger partial charge in [-0.2, -0.15) is 0 Å². The fourth-order valence-electron chi connectivity index (χ4n) is 3.90. The Morgan fingerprint density at radius 2 is 1.69 bits per heavy atom. The van der Waals surface area contributed by atoms with E-state index in [0.717, 1.165) is 5.56 Å². The molecular weight excluding hydrogens is 522 g/mol. The van der Waals surface area contributed by atoms with Gasteiger partial charge < -0.3 is 23.9 Å². The van der Waals surface area contributed by atoms with Crippen LogP contribution in [0.2, 0.25) is 5.02 Å². The largest absolute Gasteiger partial charge is 0.493 e. The minimum absolute atomic E-state index is 0.0846. The molecule has 202 valence electrons. The summed E-state index contributed by atoms with van der Waals surface area (Å²) >= 11 is 6.14. The molecule has 3 aromatic carbocycles. The maximum Gasteiger partial charge on any atom is 0.272 e. The number of rotatable bonds is 10. The number of carbonyl (C=O) groups excluding carboxylic acids is 2. The molecule has 39 heavy (non-hydrogen) atoms. The number of carbonyl (C=O) groups is 2. The Kier molecular flexibility index (Phi) is 9.06. The molecule has 2 N–H and O–H groups in total. The van der Waals surface area contributed by atoms with E-state index in [4.69, 9.17) is 30.2 Å². The van der Waals surface area contributed by atoms with Crippen molar-refractivity contribution in [3.63, 3.8) is 0 Å². The van der Waals surface area contributed by atoms with Crippen LogP contribution in [0.1, 0.15) is 33.2 Å². The molecule has 0 unspecified atom stereocenters. The lowest BCUT2D eigenvalue weighted by Crippen LogP contribution is -2.32. The van der Waals surface area contributed by atoms with Crippen LogP contribution in [0.15, 0.2) is 76.2 Å². The average molecular weight is 550 g/mol. The molecule has 0 fully saturated rings. The molecule has 2 amide bonds. The first-order chi connectivity index (χ1) is 18.9.